The highest BCUT2D eigenvalue weighted by atomic mass is 15.1. The summed E-state index contributed by atoms with van der Waals surface area (Å²) in [6.07, 6.45) is 6.66. The van der Waals surface area contributed by atoms with Crippen molar-refractivity contribution in [3.63, 3.8) is 0 Å². The summed E-state index contributed by atoms with van der Waals surface area (Å²) < 4.78 is 0. The smallest absolute Gasteiger partial charge is 0.00643 e. The zero-order valence-electron chi connectivity index (χ0n) is 11.2. The normalized spacial score (nSPS) is 13.4. The molecule has 0 aliphatic rings. The van der Waals surface area contributed by atoms with Crippen molar-refractivity contribution >= 4 is 0 Å². The molecule has 0 spiro atoms. The van der Waals surface area contributed by atoms with Gasteiger partial charge in [-0.3, -0.25) is 0 Å². The molecule has 0 radical (unpaired) electrons. The van der Waals surface area contributed by atoms with Crippen LogP contribution in [0.5, 0.6) is 0 Å². The monoisotopic (exact) mass is 214 g/mol. The van der Waals surface area contributed by atoms with Gasteiger partial charge in [0, 0.05) is 6.04 Å². The lowest BCUT2D eigenvalue weighted by Gasteiger charge is -2.24. The van der Waals surface area contributed by atoms with E-state index in [9.17, 15) is 0 Å². The molecule has 0 aliphatic carbocycles. The van der Waals surface area contributed by atoms with Crippen LogP contribution < -0.4 is 5.32 Å². The summed E-state index contributed by atoms with van der Waals surface area (Å²) >= 11 is 0. The molecule has 2 nitrogen and oxygen atoms in total. The van der Waals surface area contributed by atoms with Gasteiger partial charge in [0.25, 0.3) is 0 Å². The molecule has 0 aromatic carbocycles. The van der Waals surface area contributed by atoms with Gasteiger partial charge in [0.05, 0.1) is 0 Å². The quantitative estimate of drug-likeness (QED) is 0.563. The van der Waals surface area contributed by atoms with E-state index in [0.29, 0.717) is 0 Å². The molecule has 0 bridgehead atoms. The summed E-state index contributed by atoms with van der Waals surface area (Å²) in [6, 6.07) is 0.737. The van der Waals surface area contributed by atoms with Crippen LogP contribution in [0.2, 0.25) is 0 Å². The van der Waals surface area contributed by atoms with E-state index in [0.717, 1.165) is 12.6 Å². The second-order valence-corrected chi connectivity index (χ2v) is 4.53. The molecule has 0 fully saturated rings. The molecule has 1 unspecified atom stereocenters. The zero-order valence-corrected chi connectivity index (χ0v) is 11.2. The van der Waals surface area contributed by atoms with Gasteiger partial charge in [-0.25, -0.2) is 0 Å². The zero-order chi connectivity index (χ0) is 11.5. The van der Waals surface area contributed by atoms with Gasteiger partial charge in [0.15, 0.2) is 0 Å². The third-order valence-corrected chi connectivity index (χ3v) is 3.09. The van der Waals surface area contributed by atoms with E-state index in [-0.39, 0.29) is 0 Å². The predicted octanol–water partition coefficient (Wildman–Crippen LogP) is 2.89. The molecule has 0 aromatic rings. The minimum atomic E-state index is 0.737. The second-order valence-electron chi connectivity index (χ2n) is 4.53. The molecule has 0 saturated carbocycles. The summed E-state index contributed by atoms with van der Waals surface area (Å²) in [6.45, 7) is 10.3. The average molecular weight is 214 g/mol. The van der Waals surface area contributed by atoms with Gasteiger partial charge in [-0.2, -0.15) is 0 Å². The minimum absolute atomic E-state index is 0.737. The maximum atomic E-state index is 3.38. The number of hydrogen-bond acceptors (Lipinski definition) is 2. The van der Waals surface area contributed by atoms with E-state index in [2.05, 4.69) is 38.0 Å². The SMILES string of the molecule is CCCCCN(C)C(C)CCCNCC. The summed E-state index contributed by atoms with van der Waals surface area (Å²) in [5.41, 5.74) is 0. The summed E-state index contributed by atoms with van der Waals surface area (Å²) in [5, 5.41) is 3.38. The van der Waals surface area contributed by atoms with Gasteiger partial charge < -0.3 is 10.2 Å². The Morgan fingerprint density at radius 1 is 1.13 bits per heavy atom. The van der Waals surface area contributed by atoms with Gasteiger partial charge >= 0.3 is 0 Å². The van der Waals surface area contributed by atoms with Crippen molar-refractivity contribution < 1.29 is 0 Å². The highest BCUT2D eigenvalue weighted by Gasteiger charge is 2.07. The number of rotatable bonds is 10. The second kappa shape index (κ2) is 10.4. The van der Waals surface area contributed by atoms with E-state index in [1.165, 1.54) is 45.2 Å². The molecular formula is C13H30N2. The Hall–Kier alpha value is -0.0800. The fourth-order valence-corrected chi connectivity index (χ4v) is 1.75. The van der Waals surface area contributed by atoms with Crippen molar-refractivity contribution in [1.29, 1.82) is 0 Å². The van der Waals surface area contributed by atoms with Crippen molar-refractivity contribution in [1.82, 2.24) is 10.2 Å². The van der Waals surface area contributed by atoms with Crippen LogP contribution in [0, 0.1) is 0 Å². The van der Waals surface area contributed by atoms with Gasteiger partial charge in [-0.1, -0.05) is 26.7 Å². The van der Waals surface area contributed by atoms with Crippen LogP contribution in [-0.4, -0.2) is 37.6 Å². The summed E-state index contributed by atoms with van der Waals surface area (Å²) in [4.78, 5) is 2.50. The van der Waals surface area contributed by atoms with Crippen LogP contribution in [-0.2, 0) is 0 Å². The molecule has 0 aliphatic heterocycles. The van der Waals surface area contributed by atoms with E-state index in [1.807, 2.05) is 0 Å². The Morgan fingerprint density at radius 3 is 2.47 bits per heavy atom. The van der Waals surface area contributed by atoms with E-state index in [4.69, 9.17) is 0 Å². The molecule has 1 N–H and O–H groups in total. The fourth-order valence-electron chi connectivity index (χ4n) is 1.75. The Kier molecular flexibility index (Phi) is 10.4. The molecular weight excluding hydrogens is 184 g/mol. The Morgan fingerprint density at radius 2 is 1.87 bits per heavy atom. The van der Waals surface area contributed by atoms with Gasteiger partial charge in [-0.05, 0) is 52.9 Å². The molecule has 92 valence electrons. The maximum absolute atomic E-state index is 3.38. The van der Waals surface area contributed by atoms with E-state index in [1.54, 1.807) is 0 Å². The van der Waals surface area contributed by atoms with Crippen molar-refractivity contribution in [2.75, 3.05) is 26.7 Å². The molecule has 0 amide bonds. The molecule has 15 heavy (non-hydrogen) atoms. The van der Waals surface area contributed by atoms with E-state index < -0.39 is 0 Å². The van der Waals surface area contributed by atoms with Crippen LogP contribution >= 0.6 is 0 Å². The molecule has 0 aromatic heterocycles. The Balaban J connectivity index is 3.38. The van der Waals surface area contributed by atoms with Gasteiger partial charge in [0.1, 0.15) is 0 Å². The molecule has 0 saturated heterocycles. The molecule has 2 heteroatoms. The lowest BCUT2D eigenvalue weighted by molar-refractivity contribution is 0.238. The molecule has 1 atom stereocenters. The lowest BCUT2D eigenvalue weighted by Crippen LogP contribution is -2.30. The fraction of sp³-hybridized carbons (Fsp3) is 1.00. The predicted molar refractivity (Wildman–Crippen MR) is 69.4 cm³/mol. The standard InChI is InChI=1S/C13H30N2/c1-5-7-8-12-15(4)13(3)10-9-11-14-6-2/h13-14H,5-12H2,1-4H3. The highest BCUT2D eigenvalue weighted by Crippen LogP contribution is 2.06. The van der Waals surface area contributed by atoms with Crippen LogP contribution in [0.4, 0.5) is 0 Å². The van der Waals surface area contributed by atoms with Crippen LogP contribution in [0.1, 0.15) is 52.9 Å². The third kappa shape index (κ3) is 8.88. The van der Waals surface area contributed by atoms with Crippen molar-refractivity contribution in [3.8, 4) is 0 Å². The largest absolute Gasteiger partial charge is 0.317 e. The first-order valence-electron chi connectivity index (χ1n) is 6.63. The van der Waals surface area contributed by atoms with Crippen molar-refractivity contribution in [3.05, 3.63) is 0 Å². The Bertz CT molecular complexity index is 126. The third-order valence-electron chi connectivity index (χ3n) is 3.09. The van der Waals surface area contributed by atoms with Crippen LogP contribution in [0.15, 0.2) is 0 Å². The first-order valence-corrected chi connectivity index (χ1v) is 6.63. The number of hydrogen-bond donors (Lipinski definition) is 1. The van der Waals surface area contributed by atoms with Gasteiger partial charge in [-0.15, -0.1) is 0 Å². The number of unbranched alkanes of at least 4 members (excludes halogenated alkanes) is 2. The highest BCUT2D eigenvalue weighted by molar-refractivity contribution is 4.64. The average Bonchev–Trinajstić information content (AvgIpc) is 2.24. The maximum Gasteiger partial charge on any atom is 0.00643 e. The van der Waals surface area contributed by atoms with Crippen molar-refractivity contribution in [2.45, 2.75) is 58.9 Å². The van der Waals surface area contributed by atoms with Crippen LogP contribution in [0.3, 0.4) is 0 Å². The number of nitrogens with zero attached hydrogens (tertiary/aromatic N) is 1. The summed E-state index contributed by atoms with van der Waals surface area (Å²) in [5.74, 6) is 0. The minimum Gasteiger partial charge on any atom is -0.317 e. The van der Waals surface area contributed by atoms with Gasteiger partial charge in [0.2, 0.25) is 0 Å². The molecule has 0 rings (SSSR count). The number of nitrogens with one attached hydrogen (secondary N) is 1. The first-order chi connectivity index (χ1) is 7.22. The van der Waals surface area contributed by atoms with Crippen LogP contribution in [0.25, 0.3) is 0 Å². The van der Waals surface area contributed by atoms with E-state index >= 15 is 0 Å². The van der Waals surface area contributed by atoms with Crippen molar-refractivity contribution in [2.24, 2.45) is 0 Å². The molecule has 0 heterocycles. The lowest BCUT2D eigenvalue weighted by atomic mass is 10.1. The Labute approximate surface area is 96.4 Å². The summed E-state index contributed by atoms with van der Waals surface area (Å²) in [7, 11) is 2.26. The topological polar surface area (TPSA) is 15.3 Å². The first kappa shape index (κ1) is 14.9.